The summed E-state index contributed by atoms with van der Waals surface area (Å²) in [5.74, 6) is 1.40. The van der Waals surface area contributed by atoms with Gasteiger partial charge in [-0.15, -0.1) is 0 Å². The van der Waals surface area contributed by atoms with Crippen LogP contribution in [0.25, 0.3) is 0 Å². The molecule has 0 spiro atoms. The zero-order valence-electron chi connectivity index (χ0n) is 12.8. The van der Waals surface area contributed by atoms with Gasteiger partial charge in [-0.05, 0) is 37.5 Å². The van der Waals surface area contributed by atoms with Crippen molar-refractivity contribution in [2.24, 2.45) is 11.8 Å². The maximum Gasteiger partial charge on any atom is 0.0577 e. The summed E-state index contributed by atoms with van der Waals surface area (Å²) in [4.78, 5) is 0. The van der Waals surface area contributed by atoms with Crippen molar-refractivity contribution in [3.63, 3.8) is 0 Å². The van der Waals surface area contributed by atoms with Crippen molar-refractivity contribution in [3.05, 3.63) is 0 Å². The normalized spacial score (nSPS) is 28.0. The molecule has 2 heteroatoms. The van der Waals surface area contributed by atoms with Gasteiger partial charge >= 0.3 is 0 Å². The van der Waals surface area contributed by atoms with Gasteiger partial charge in [-0.25, -0.2) is 0 Å². The standard InChI is InChI=1S/C16H32O2/c1-5-13(3)11-17-15-7-9-16(10-8-15)18-12-14(4)6-2/h13-16H,5-12H2,1-4H3. The van der Waals surface area contributed by atoms with Crippen molar-refractivity contribution >= 4 is 0 Å². The molecule has 0 saturated heterocycles. The molecule has 0 amide bonds. The molecule has 1 aliphatic carbocycles. The summed E-state index contributed by atoms with van der Waals surface area (Å²) in [5, 5.41) is 0. The number of rotatable bonds is 8. The van der Waals surface area contributed by atoms with Crippen LogP contribution in [0.2, 0.25) is 0 Å². The maximum atomic E-state index is 5.98. The van der Waals surface area contributed by atoms with Crippen LogP contribution in [-0.2, 0) is 9.47 Å². The highest BCUT2D eigenvalue weighted by atomic mass is 16.5. The van der Waals surface area contributed by atoms with Gasteiger partial charge in [0.2, 0.25) is 0 Å². The molecule has 0 radical (unpaired) electrons. The molecule has 1 aliphatic rings. The van der Waals surface area contributed by atoms with Gasteiger partial charge in [0.1, 0.15) is 0 Å². The Hall–Kier alpha value is -0.0800. The van der Waals surface area contributed by atoms with E-state index in [2.05, 4.69) is 27.7 Å². The van der Waals surface area contributed by atoms with E-state index in [9.17, 15) is 0 Å². The molecule has 0 aromatic rings. The molecular formula is C16H32O2. The second kappa shape index (κ2) is 8.92. The number of hydrogen-bond donors (Lipinski definition) is 0. The van der Waals surface area contributed by atoms with Crippen LogP contribution in [0, 0.1) is 11.8 Å². The third kappa shape index (κ3) is 6.19. The van der Waals surface area contributed by atoms with E-state index >= 15 is 0 Å². The Kier molecular flexibility index (Phi) is 7.92. The highest BCUT2D eigenvalue weighted by molar-refractivity contribution is 4.73. The first kappa shape index (κ1) is 16.0. The fourth-order valence-electron chi connectivity index (χ4n) is 2.20. The molecule has 1 saturated carbocycles. The Morgan fingerprint density at radius 1 is 0.778 bits per heavy atom. The fourth-order valence-corrected chi connectivity index (χ4v) is 2.20. The van der Waals surface area contributed by atoms with Crippen molar-refractivity contribution in [1.82, 2.24) is 0 Å². The first-order valence-corrected chi connectivity index (χ1v) is 7.88. The lowest BCUT2D eigenvalue weighted by atomic mass is 9.94. The molecule has 18 heavy (non-hydrogen) atoms. The van der Waals surface area contributed by atoms with Crippen LogP contribution in [0.5, 0.6) is 0 Å². The van der Waals surface area contributed by atoms with Crippen molar-refractivity contribution < 1.29 is 9.47 Å². The average Bonchev–Trinajstić information content (AvgIpc) is 2.43. The summed E-state index contributed by atoms with van der Waals surface area (Å²) < 4.78 is 12.0. The predicted octanol–water partition coefficient (Wildman–Crippen LogP) is 4.42. The van der Waals surface area contributed by atoms with Crippen LogP contribution in [0.4, 0.5) is 0 Å². The predicted molar refractivity (Wildman–Crippen MR) is 76.9 cm³/mol. The Morgan fingerprint density at radius 2 is 1.11 bits per heavy atom. The average molecular weight is 256 g/mol. The maximum absolute atomic E-state index is 5.98. The molecule has 0 aromatic heterocycles. The number of ether oxygens (including phenoxy) is 2. The summed E-state index contributed by atoms with van der Waals surface area (Å²) in [7, 11) is 0. The minimum atomic E-state index is 0.488. The topological polar surface area (TPSA) is 18.5 Å². The van der Waals surface area contributed by atoms with Gasteiger partial charge in [-0.3, -0.25) is 0 Å². The molecule has 1 rings (SSSR count). The Balaban J connectivity index is 2.09. The van der Waals surface area contributed by atoms with E-state index in [-0.39, 0.29) is 0 Å². The first-order chi connectivity index (χ1) is 8.65. The van der Waals surface area contributed by atoms with E-state index in [0.717, 1.165) is 13.2 Å². The van der Waals surface area contributed by atoms with E-state index in [4.69, 9.17) is 9.47 Å². The van der Waals surface area contributed by atoms with Crippen molar-refractivity contribution in [3.8, 4) is 0 Å². The first-order valence-electron chi connectivity index (χ1n) is 7.88. The summed E-state index contributed by atoms with van der Waals surface area (Å²) >= 11 is 0. The number of hydrogen-bond acceptors (Lipinski definition) is 2. The summed E-state index contributed by atoms with van der Waals surface area (Å²) in [6, 6.07) is 0. The zero-order chi connectivity index (χ0) is 13.4. The van der Waals surface area contributed by atoms with Gasteiger partial charge in [0.25, 0.3) is 0 Å². The Morgan fingerprint density at radius 3 is 1.39 bits per heavy atom. The molecular weight excluding hydrogens is 224 g/mol. The van der Waals surface area contributed by atoms with Crippen molar-refractivity contribution in [1.29, 1.82) is 0 Å². The largest absolute Gasteiger partial charge is 0.378 e. The van der Waals surface area contributed by atoms with E-state index in [1.165, 1.54) is 38.5 Å². The molecule has 0 aliphatic heterocycles. The summed E-state index contributed by atoms with van der Waals surface area (Å²) in [5.41, 5.74) is 0. The van der Waals surface area contributed by atoms with E-state index in [1.807, 2.05) is 0 Å². The molecule has 2 unspecified atom stereocenters. The smallest absolute Gasteiger partial charge is 0.0577 e. The molecule has 1 fully saturated rings. The highest BCUT2D eigenvalue weighted by Crippen LogP contribution is 2.24. The molecule has 0 N–H and O–H groups in total. The Labute approximate surface area is 113 Å². The van der Waals surface area contributed by atoms with Gasteiger partial charge in [-0.1, -0.05) is 40.5 Å². The van der Waals surface area contributed by atoms with E-state index in [0.29, 0.717) is 24.0 Å². The molecule has 0 aromatic carbocycles. The van der Waals surface area contributed by atoms with Crippen LogP contribution in [0.15, 0.2) is 0 Å². The minimum absolute atomic E-state index is 0.488. The van der Waals surface area contributed by atoms with Gasteiger partial charge in [0, 0.05) is 13.2 Å². The lowest BCUT2D eigenvalue weighted by molar-refractivity contribution is -0.0451. The molecule has 2 nitrogen and oxygen atoms in total. The van der Waals surface area contributed by atoms with E-state index in [1.54, 1.807) is 0 Å². The van der Waals surface area contributed by atoms with Gasteiger partial charge in [-0.2, -0.15) is 0 Å². The van der Waals surface area contributed by atoms with Crippen molar-refractivity contribution in [2.45, 2.75) is 78.4 Å². The van der Waals surface area contributed by atoms with Crippen LogP contribution in [-0.4, -0.2) is 25.4 Å². The van der Waals surface area contributed by atoms with Gasteiger partial charge in [0.05, 0.1) is 12.2 Å². The molecule has 0 bridgehead atoms. The van der Waals surface area contributed by atoms with Crippen LogP contribution < -0.4 is 0 Å². The lowest BCUT2D eigenvalue weighted by Crippen LogP contribution is -2.28. The minimum Gasteiger partial charge on any atom is -0.378 e. The second-order valence-electron chi connectivity index (χ2n) is 6.09. The zero-order valence-corrected chi connectivity index (χ0v) is 12.8. The summed E-state index contributed by atoms with van der Waals surface area (Å²) in [6.07, 6.45) is 8.14. The third-order valence-corrected chi connectivity index (χ3v) is 4.25. The highest BCUT2D eigenvalue weighted by Gasteiger charge is 2.22. The van der Waals surface area contributed by atoms with Crippen LogP contribution >= 0.6 is 0 Å². The SMILES string of the molecule is CCC(C)COC1CCC(OCC(C)CC)CC1. The van der Waals surface area contributed by atoms with Crippen LogP contribution in [0.1, 0.15) is 66.2 Å². The summed E-state index contributed by atoms with van der Waals surface area (Å²) in [6.45, 7) is 10.8. The molecule has 0 heterocycles. The quantitative estimate of drug-likeness (QED) is 0.640. The Bertz CT molecular complexity index is 175. The fraction of sp³-hybridized carbons (Fsp3) is 1.00. The second-order valence-corrected chi connectivity index (χ2v) is 6.09. The lowest BCUT2D eigenvalue weighted by Gasteiger charge is -2.30. The third-order valence-electron chi connectivity index (χ3n) is 4.25. The van der Waals surface area contributed by atoms with Crippen molar-refractivity contribution in [2.75, 3.05) is 13.2 Å². The van der Waals surface area contributed by atoms with E-state index < -0.39 is 0 Å². The van der Waals surface area contributed by atoms with Gasteiger partial charge < -0.3 is 9.47 Å². The van der Waals surface area contributed by atoms with Gasteiger partial charge in [0.15, 0.2) is 0 Å². The van der Waals surface area contributed by atoms with Crippen LogP contribution in [0.3, 0.4) is 0 Å². The molecule has 108 valence electrons. The monoisotopic (exact) mass is 256 g/mol. The molecule has 2 atom stereocenters.